The molecule has 42 heavy (non-hydrogen) atoms. The zero-order valence-electron chi connectivity index (χ0n) is 21.8. The monoisotopic (exact) mass is 596 g/mol. The van der Waals surface area contributed by atoms with Crippen molar-refractivity contribution in [3.05, 3.63) is 142 Å². The third-order valence-electron chi connectivity index (χ3n) is 6.19. The Morgan fingerprint density at radius 1 is 0.452 bits per heavy atom. The Bertz CT molecular complexity index is 1600. The van der Waals surface area contributed by atoms with Gasteiger partial charge < -0.3 is 21.3 Å². The molecule has 1 aliphatic carbocycles. The second-order valence-corrected chi connectivity index (χ2v) is 9.84. The first-order valence-corrected chi connectivity index (χ1v) is 13.4. The van der Waals surface area contributed by atoms with Gasteiger partial charge in [0.2, 0.25) is 11.6 Å². The van der Waals surface area contributed by atoms with Gasteiger partial charge in [-0.2, -0.15) is 0 Å². The lowest BCUT2D eigenvalue weighted by atomic mass is 10.0. The maximum absolute atomic E-state index is 13.1. The molecule has 208 valence electrons. The van der Waals surface area contributed by atoms with Gasteiger partial charge in [0.05, 0.1) is 0 Å². The number of ketones is 2. The zero-order valence-corrected chi connectivity index (χ0v) is 23.3. The highest BCUT2D eigenvalue weighted by Gasteiger charge is 2.33. The van der Waals surface area contributed by atoms with Crippen LogP contribution in [0.25, 0.3) is 0 Å². The number of Topliss-reactive ketones (excluding diaryl/α,β-unsaturated/α-hetero) is 2. The van der Waals surface area contributed by atoms with Gasteiger partial charge >= 0.3 is 0 Å². The van der Waals surface area contributed by atoms with Crippen molar-refractivity contribution in [3.63, 3.8) is 0 Å². The minimum atomic E-state index is -0.669. The lowest BCUT2D eigenvalue weighted by Crippen LogP contribution is -2.27. The number of benzene rings is 4. The summed E-state index contributed by atoms with van der Waals surface area (Å²) in [5.74, 6) is -1.87. The van der Waals surface area contributed by atoms with E-state index in [1.807, 2.05) is 12.1 Å². The van der Waals surface area contributed by atoms with Gasteiger partial charge in [-0.15, -0.1) is 0 Å². The van der Waals surface area contributed by atoms with Crippen molar-refractivity contribution in [2.24, 2.45) is 0 Å². The molecule has 0 radical (unpaired) electrons. The van der Waals surface area contributed by atoms with Crippen LogP contribution in [0.5, 0.6) is 0 Å². The van der Waals surface area contributed by atoms with Crippen LogP contribution in [0, 0.1) is 0 Å². The third-order valence-corrected chi connectivity index (χ3v) is 6.91. The van der Waals surface area contributed by atoms with Crippen LogP contribution in [0.2, 0.25) is 0 Å². The minimum absolute atomic E-state index is 0.169. The number of anilines is 4. The molecule has 4 N–H and O–H groups in total. The first kappa shape index (κ1) is 28.4. The van der Waals surface area contributed by atoms with Crippen LogP contribution in [0.4, 0.5) is 22.7 Å². The van der Waals surface area contributed by atoms with E-state index in [9.17, 15) is 19.2 Å². The molecule has 0 fully saturated rings. The molecular weight excluding hydrogens is 575 g/mol. The van der Waals surface area contributed by atoms with Gasteiger partial charge in [-0.1, -0.05) is 59.6 Å². The fourth-order valence-corrected chi connectivity index (χ4v) is 4.47. The topological polar surface area (TPSA) is 116 Å². The van der Waals surface area contributed by atoms with Gasteiger partial charge in [-0.3, -0.25) is 19.2 Å². The van der Waals surface area contributed by atoms with Gasteiger partial charge in [0.25, 0.3) is 11.8 Å². The van der Waals surface area contributed by atoms with Crippen molar-refractivity contribution in [1.29, 1.82) is 0 Å². The number of carbonyl (C=O) groups excluding carboxylic acids is 4. The summed E-state index contributed by atoms with van der Waals surface area (Å²) in [7, 11) is 0. The van der Waals surface area contributed by atoms with E-state index in [0.717, 1.165) is 0 Å². The van der Waals surface area contributed by atoms with Gasteiger partial charge in [0, 0.05) is 33.9 Å². The van der Waals surface area contributed by atoms with Crippen molar-refractivity contribution < 1.29 is 19.2 Å². The Morgan fingerprint density at radius 2 is 0.762 bits per heavy atom. The van der Waals surface area contributed by atoms with E-state index >= 15 is 0 Å². The SMILES string of the molecule is O=C1C(Cl)=C(Nc2ccc(NC(=O)c3ccccc3)cc2)C(=O)C(Cl)=C1Nc1ccc(NC(=O)c2ccccc2)cc1. The first-order chi connectivity index (χ1) is 20.3. The number of carbonyl (C=O) groups is 4. The van der Waals surface area contributed by atoms with Crippen molar-refractivity contribution >= 4 is 69.3 Å². The fourth-order valence-electron chi connectivity index (χ4n) is 4.02. The highest BCUT2D eigenvalue weighted by Crippen LogP contribution is 2.31. The molecule has 8 nitrogen and oxygen atoms in total. The van der Waals surface area contributed by atoms with Gasteiger partial charge in [-0.25, -0.2) is 0 Å². The molecule has 1 aliphatic rings. The first-order valence-electron chi connectivity index (χ1n) is 12.7. The number of halogens is 2. The smallest absolute Gasteiger partial charge is 0.255 e. The second-order valence-electron chi connectivity index (χ2n) is 9.08. The number of amides is 2. The Kier molecular flexibility index (Phi) is 8.47. The highest BCUT2D eigenvalue weighted by molar-refractivity contribution is 6.56. The lowest BCUT2D eigenvalue weighted by Gasteiger charge is -2.20. The van der Waals surface area contributed by atoms with Crippen molar-refractivity contribution in [2.75, 3.05) is 21.3 Å². The average molecular weight is 597 g/mol. The molecule has 0 aliphatic heterocycles. The molecule has 0 bridgehead atoms. The molecular formula is C32H22Cl2N4O4. The van der Waals surface area contributed by atoms with E-state index in [1.165, 1.54) is 0 Å². The summed E-state index contributed by atoms with van der Waals surface area (Å²) in [5, 5.41) is 10.6. The van der Waals surface area contributed by atoms with Crippen LogP contribution in [0.3, 0.4) is 0 Å². The summed E-state index contributed by atoms with van der Waals surface area (Å²) >= 11 is 12.6. The van der Waals surface area contributed by atoms with E-state index in [1.54, 1.807) is 97.1 Å². The largest absolute Gasteiger partial charge is 0.351 e. The van der Waals surface area contributed by atoms with Crippen molar-refractivity contribution in [1.82, 2.24) is 0 Å². The standard InChI is InChI=1S/C32H22Cl2N4O4/c33-25-27(35-21-11-15-23(16-12-21)37-31(41)19-7-3-1-4-8-19)29(39)26(34)28(30(25)40)36-22-13-17-24(18-14-22)38-32(42)20-9-5-2-6-10-20/h1-18,35-36H,(H,37,41)(H,38,42). The van der Waals surface area contributed by atoms with Crippen molar-refractivity contribution in [2.45, 2.75) is 0 Å². The summed E-state index contributed by atoms with van der Waals surface area (Å²) < 4.78 is 0. The number of rotatable bonds is 8. The molecule has 4 aromatic rings. The molecule has 4 aromatic carbocycles. The number of hydrogen-bond donors (Lipinski definition) is 4. The van der Waals surface area contributed by atoms with Gasteiger partial charge in [0.15, 0.2) is 0 Å². The number of allylic oxidation sites excluding steroid dienone is 2. The molecule has 10 heteroatoms. The Balaban J connectivity index is 1.23. The van der Waals surface area contributed by atoms with E-state index in [-0.39, 0.29) is 33.3 Å². The van der Waals surface area contributed by atoms with Crippen molar-refractivity contribution in [3.8, 4) is 0 Å². The second kappa shape index (κ2) is 12.6. The van der Waals surface area contributed by atoms with Crippen LogP contribution >= 0.6 is 23.2 Å². The number of hydrogen-bond acceptors (Lipinski definition) is 6. The molecule has 0 saturated carbocycles. The van der Waals surface area contributed by atoms with Crippen LogP contribution in [-0.2, 0) is 9.59 Å². The van der Waals surface area contributed by atoms with E-state index in [4.69, 9.17) is 23.2 Å². The zero-order chi connectivity index (χ0) is 29.6. The molecule has 0 heterocycles. The fraction of sp³-hybridized carbons (Fsp3) is 0. The van der Waals surface area contributed by atoms with Gasteiger partial charge in [0.1, 0.15) is 21.5 Å². The van der Waals surface area contributed by atoms with Crippen LogP contribution in [0.15, 0.2) is 131 Å². The average Bonchev–Trinajstić information content (AvgIpc) is 3.03. The van der Waals surface area contributed by atoms with E-state index in [2.05, 4.69) is 21.3 Å². The Hall–Kier alpha value is -5.18. The highest BCUT2D eigenvalue weighted by atomic mass is 35.5. The van der Waals surface area contributed by atoms with E-state index in [0.29, 0.717) is 33.9 Å². The molecule has 0 spiro atoms. The normalized spacial score (nSPS) is 13.1. The summed E-state index contributed by atoms with van der Waals surface area (Å²) in [6.07, 6.45) is 0. The molecule has 0 aromatic heterocycles. The summed E-state index contributed by atoms with van der Waals surface area (Å²) in [4.78, 5) is 50.9. The molecule has 0 unspecified atom stereocenters. The predicted octanol–water partition coefficient (Wildman–Crippen LogP) is 6.77. The summed E-state index contributed by atoms with van der Waals surface area (Å²) in [6, 6.07) is 30.6. The van der Waals surface area contributed by atoms with Crippen LogP contribution in [-0.4, -0.2) is 23.4 Å². The predicted molar refractivity (Wildman–Crippen MR) is 165 cm³/mol. The minimum Gasteiger partial charge on any atom is -0.351 e. The molecule has 2 amide bonds. The number of nitrogens with one attached hydrogen (secondary N) is 4. The lowest BCUT2D eigenvalue weighted by molar-refractivity contribution is -0.115. The molecule has 0 saturated heterocycles. The maximum atomic E-state index is 13.1. The third kappa shape index (κ3) is 6.41. The molecule has 5 rings (SSSR count). The molecule has 0 atom stereocenters. The van der Waals surface area contributed by atoms with Gasteiger partial charge in [-0.05, 0) is 72.8 Å². The summed E-state index contributed by atoms with van der Waals surface area (Å²) in [6.45, 7) is 0. The Labute approximate surface area is 251 Å². The quantitative estimate of drug-likeness (QED) is 0.167. The summed E-state index contributed by atoms with van der Waals surface area (Å²) in [5.41, 5.74) is 2.67. The Morgan fingerprint density at radius 3 is 1.10 bits per heavy atom. The maximum Gasteiger partial charge on any atom is 0.255 e. The van der Waals surface area contributed by atoms with Crippen LogP contribution in [0.1, 0.15) is 20.7 Å². The van der Waals surface area contributed by atoms with E-state index < -0.39 is 11.6 Å². The van der Waals surface area contributed by atoms with Crippen LogP contribution < -0.4 is 21.3 Å².